The van der Waals surface area contributed by atoms with Gasteiger partial charge >= 0.3 is 5.69 Å². The number of nitrogens with zero attached hydrogens (tertiary/aromatic N) is 4. The smallest absolute Gasteiger partial charge is 0.349 e. The summed E-state index contributed by atoms with van der Waals surface area (Å²) in [7, 11) is 0. The van der Waals surface area contributed by atoms with Crippen LogP contribution in [0.3, 0.4) is 0 Å². The van der Waals surface area contributed by atoms with Gasteiger partial charge in [-0.1, -0.05) is 37.0 Å². The Morgan fingerprint density at radius 3 is 2.25 bits per heavy atom. The van der Waals surface area contributed by atoms with Crippen molar-refractivity contribution < 1.29 is 14.9 Å². The van der Waals surface area contributed by atoms with Crippen LogP contribution in [0.15, 0.2) is 14.4 Å². The zero-order chi connectivity index (χ0) is 23.9. The van der Waals surface area contributed by atoms with Crippen molar-refractivity contribution in [3.8, 4) is 34.9 Å². The Morgan fingerprint density at radius 2 is 1.72 bits per heavy atom. The summed E-state index contributed by atoms with van der Waals surface area (Å²) >= 11 is 12.3. The Kier molecular flexibility index (Phi) is 5.98. The van der Waals surface area contributed by atoms with Crippen molar-refractivity contribution in [1.29, 1.82) is 5.26 Å². The van der Waals surface area contributed by atoms with E-state index in [1.165, 1.54) is 6.07 Å². The van der Waals surface area contributed by atoms with Gasteiger partial charge < -0.3 is 14.9 Å². The molecule has 2 aromatic heterocycles. The maximum atomic E-state index is 12.1. The Balaban J connectivity index is 2.24. The van der Waals surface area contributed by atoms with Gasteiger partial charge in [0, 0.05) is 11.1 Å². The maximum Gasteiger partial charge on any atom is 0.349 e. The Bertz CT molecular complexity index is 1440. The highest BCUT2D eigenvalue weighted by Crippen LogP contribution is 2.51. The molecule has 0 unspecified atom stereocenters. The molecule has 4 N–H and O–H groups in total. The first-order chi connectivity index (χ1) is 15.0. The summed E-state index contributed by atoms with van der Waals surface area (Å²) in [5.74, 6) is -2.48. The topological polar surface area (TPSA) is 187 Å². The van der Waals surface area contributed by atoms with Crippen LogP contribution in [0.2, 0.25) is 10.0 Å². The quantitative estimate of drug-likeness (QED) is 0.431. The van der Waals surface area contributed by atoms with Gasteiger partial charge in [0.2, 0.25) is 11.6 Å². The lowest BCUT2D eigenvalue weighted by atomic mass is 10.0. The van der Waals surface area contributed by atoms with E-state index in [-0.39, 0.29) is 11.8 Å². The third-order valence-corrected chi connectivity index (χ3v) is 5.11. The normalized spacial score (nSPS) is 10.9. The van der Waals surface area contributed by atoms with Crippen molar-refractivity contribution in [2.24, 2.45) is 0 Å². The zero-order valence-electron chi connectivity index (χ0n) is 16.6. The second-order valence-electron chi connectivity index (χ2n) is 6.79. The molecule has 0 bridgehead atoms. The molecule has 3 aromatic rings. The van der Waals surface area contributed by atoms with Crippen LogP contribution < -0.4 is 21.5 Å². The van der Waals surface area contributed by atoms with E-state index in [2.05, 4.69) is 15.3 Å². The molecule has 0 aliphatic rings. The van der Waals surface area contributed by atoms with Gasteiger partial charge in [0.05, 0.1) is 0 Å². The lowest BCUT2D eigenvalue weighted by molar-refractivity contribution is 0.415. The van der Waals surface area contributed by atoms with E-state index in [1.54, 1.807) is 20.8 Å². The summed E-state index contributed by atoms with van der Waals surface area (Å²) < 4.78 is 5.93. The largest absolute Gasteiger partial charge is 0.504 e. The number of ether oxygens (including phenoxy) is 1. The Morgan fingerprint density at radius 1 is 1.12 bits per heavy atom. The number of aromatic hydroxyl groups is 2. The van der Waals surface area contributed by atoms with Gasteiger partial charge in [0.25, 0.3) is 11.1 Å². The van der Waals surface area contributed by atoms with E-state index in [4.69, 9.17) is 33.2 Å². The van der Waals surface area contributed by atoms with Crippen LogP contribution in [-0.2, 0) is 0 Å². The number of phenols is 2. The molecule has 0 spiro atoms. The molecule has 12 nitrogen and oxygen atoms in total. The number of rotatable bonds is 4. The van der Waals surface area contributed by atoms with E-state index in [0.717, 1.165) is 0 Å². The van der Waals surface area contributed by atoms with Gasteiger partial charge in [0.15, 0.2) is 22.9 Å². The maximum absolute atomic E-state index is 12.1. The first kappa shape index (κ1) is 22.9. The predicted molar refractivity (Wildman–Crippen MR) is 112 cm³/mol. The molecule has 32 heavy (non-hydrogen) atoms. The minimum atomic E-state index is -1.18. The van der Waals surface area contributed by atoms with Crippen molar-refractivity contribution in [3.05, 3.63) is 58.1 Å². The van der Waals surface area contributed by atoms with Gasteiger partial charge in [-0.3, -0.25) is 14.6 Å². The average Bonchev–Trinajstić information content (AvgIpc) is 2.72. The molecule has 2 heterocycles. The minimum Gasteiger partial charge on any atom is -0.504 e. The van der Waals surface area contributed by atoms with Gasteiger partial charge in [-0.25, -0.2) is 9.89 Å². The molecule has 0 saturated carbocycles. The molecule has 0 amide bonds. The molecule has 0 radical (unpaired) electrons. The van der Waals surface area contributed by atoms with Crippen LogP contribution >= 0.6 is 23.2 Å². The molecule has 3 rings (SSSR count). The molecule has 0 aliphatic carbocycles. The SMILES string of the molecule is Cc1c(Oc2c(Cl)c(O)c(-n3nc(C#N)c(=O)[nH]c3=O)c(O)c2Cl)n[nH]c(=O)c1C(C)C. The number of hydrogen-bond donors (Lipinski definition) is 4. The second-order valence-corrected chi connectivity index (χ2v) is 7.54. The van der Waals surface area contributed by atoms with Crippen LogP contribution in [-0.4, -0.2) is 35.2 Å². The van der Waals surface area contributed by atoms with Crippen molar-refractivity contribution in [1.82, 2.24) is 25.0 Å². The van der Waals surface area contributed by atoms with E-state index in [0.29, 0.717) is 15.8 Å². The van der Waals surface area contributed by atoms with Crippen LogP contribution in [0.1, 0.15) is 36.6 Å². The molecule has 0 aliphatic heterocycles. The number of nitriles is 1. The van der Waals surface area contributed by atoms with Crippen LogP contribution in [0.5, 0.6) is 23.1 Å². The number of nitrogens with one attached hydrogen (secondary N) is 2. The van der Waals surface area contributed by atoms with Crippen molar-refractivity contribution >= 4 is 23.2 Å². The second kappa shape index (κ2) is 8.37. The highest BCUT2D eigenvalue weighted by molar-refractivity contribution is 6.39. The number of H-pyrrole nitrogens is 2. The molecule has 0 fully saturated rings. The fourth-order valence-corrected chi connectivity index (χ4v) is 3.46. The summed E-state index contributed by atoms with van der Waals surface area (Å²) in [5.41, 5.74) is -3.31. The molecule has 0 atom stereocenters. The van der Waals surface area contributed by atoms with Gasteiger partial charge in [-0.2, -0.15) is 9.94 Å². The molecular formula is C18H14Cl2N6O6. The standard InChI is InChI=1S/C18H14Cl2N6O6/c1-5(2)8-6(3)17(24-23-16(8)30)32-14-9(19)12(27)11(13(28)10(14)20)26-18(31)22-15(29)7(4-21)25-26/h5,27-28H,1-3H3,(H,23,30)(H,22,29,31). The number of phenolic OH excluding ortho intramolecular Hbond substituents is 2. The third-order valence-electron chi connectivity index (χ3n) is 4.41. The fourth-order valence-electron chi connectivity index (χ4n) is 2.97. The minimum absolute atomic E-state index is 0.102. The summed E-state index contributed by atoms with van der Waals surface area (Å²) in [6, 6.07) is 1.46. The summed E-state index contributed by atoms with van der Waals surface area (Å²) in [5, 5.41) is 38.6. The number of halogens is 2. The van der Waals surface area contributed by atoms with Crippen LogP contribution in [0.25, 0.3) is 5.69 Å². The van der Waals surface area contributed by atoms with Crippen molar-refractivity contribution in [2.75, 3.05) is 0 Å². The van der Waals surface area contributed by atoms with Gasteiger partial charge in [-0.15, -0.1) is 10.2 Å². The summed E-state index contributed by atoms with van der Waals surface area (Å²) in [4.78, 5) is 37.6. The van der Waals surface area contributed by atoms with Crippen molar-refractivity contribution in [3.63, 3.8) is 0 Å². The monoisotopic (exact) mass is 480 g/mol. The van der Waals surface area contributed by atoms with E-state index >= 15 is 0 Å². The lowest BCUT2D eigenvalue weighted by Crippen LogP contribution is -2.33. The van der Waals surface area contributed by atoms with Gasteiger partial charge in [-0.05, 0) is 12.8 Å². The number of benzene rings is 1. The van der Waals surface area contributed by atoms with E-state index in [9.17, 15) is 24.6 Å². The number of aromatic amines is 2. The number of hydrogen-bond acceptors (Lipinski definition) is 9. The summed E-state index contributed by atoms with van der Waals surface area (Å²) in [6.45, 7) is 5.16. The highest BCUT2D eigenvalue weighted by Gasteiger charge is 2.28. The van der Waals surface area contributed by atoms with E-state index < -0.39 is 55.5 Å². The fraction of sp³-hybridized carbons (Fsp3) is 0.222. The average molecular weight is 481 g/mol. The molecule has 14 heteroatoms. The Hall–Kier alpha value is -3.82. The first-order valence-electron chi connectivity index (χ1n) is 8.83. The van der Waals surface area contributed by atoms with E-state index in [1.807, 2.05) is 4.98 Å². The molecular weight excluding hydrogens is 467 g/mol. The van der Waals surface area contributed by atoms with Crippen LogP contribution in [0, 0.1) is 18.3 Å². The number of aromatic nitrogens is 5. The predicted octanol–water partition coefficient (Wildman–Crippen LogP) is 1.82. The molecule has 0 saturated heterocycles. The zero-order valence-corrected chi connectivity index (χ0v) is 18.2. The molecule has 1 aromatic carbocycles. The lowest BCUT2D eigenvalue weighted by Gasteiger charge is -2.17. The van der Waals surface area contributed by atoms with Gasteiger partial charge in [0.1, 0.15) is 16.1 Å². The molecule has 166 valence electrons. The van der Waals surface area contributed by atoms with Crippen molar-refractivity contribution in [2.45, 2.75) is 26.7 Å². The first-order valence-corrected chi connectivity index (χ1v) is 9.59. The third kappa shape index (κ3) is 3.68. The Labute approximate surface area is 188 Å². The summed E-state index contributed by atoms with van der Waals surface area (Å²) in [6.07, 6.45) is 0. The van der Waals surface area contributed by atoms with Crippen LogP contribution in [0.4, 0.5) is 0 Å². The highest BCUT2D eigenvalue weighted by atomic mass is 35.5.